The Morgan fingerprint density at radius 1 is 1.14 bits per heavy atom. The van der Waals surface area contributed by atoms with Gasteiger partial charge in [0.2, 0.25) is 0 Å². The molecular weight excluding hydrogens is 350 g/mol. The van der Waals surface area contributed by atoms with Crippen molar-refractivity contribution in [3.63, 3.8) is 0 Å². The molecule has 0 radical (unpaired) electrons. The standard InChI is InChI=1S/C24H25NO3/c1-14-6-8-16(9-7-14)22(26)19-11-17-10-18-15(2)13-24(3,4)25(5)20(18)12-21(17)28-23(19)27/h6-12,15H,13H2,1-5H3/t15-/m1/s1. The summed E-state index contributed by atoms with van der Waals surface area (Å²) in [6.07, 6.45) is 1.04. The van der Waals surface area contributed by atoms with Crippen molar-refractivity contribution in [3.8, 4) is 0 Å². The average molecular weight is 375 g/mol. The van der Waals surface area contributed by atoms with Crippen LogP contribution in [0.3, 0.4) is 0 Å². The number of benzene rings is 2. The summed E-state index contributed by atoms with van der Waals surface area (Å²) >= 11 is 0. The number of hydrogen-bond donors (Lipinski definition) is 0. The van der Waals surface area contributed by atoms with E-state index in [9.17, 15) is 9.59 Å². The molecule has 2 aromatic carbocycles. The second kappa shape index (κ2) is 6.33. The van der Waals surface area contributed by atoms with Gasteiger partial charge in [-0.05, 0) is 50.8 Å². The van der Waals surface area contributed by atoms with Crippen molar-refractivity contribution in [2.24, 2.45) is 0 Å². The van der Waals surface area contributed by atoms with Crippen LogP contribution in [0, 0.1) is 6.92 Å². The zero-order chi connectivity index (χ0) is 20.2. The molecule has 2 heterocycles. The first-order valence-corrected chi connectivity index (χ1v) is 9.64. The van der Waals surface area contributed by atoms with Crippen LogP contribution in [0.25, 0.3) is 11.0 Å². The van der Waals surface area contributed by atoms with Gasteiger partial charge >= 0.3 is 5.63 Å². The number of fused-ring (bicyclic) bond motifs is 2. The summed E-state index contributed by atoms with van der Waals surface area (Å²) in [5.74, 6) is 0.0773. The Hall–Kier alpha value is -2.88. The SMILES string of the molecule is Cc1ccc(C(=O)c2cc3cc4c(cc3oc2=O)N(C)C(C)(C)C[C@H]4C)cc1. The van der Waals surface area contributed by atoms with Gasteiger partial charge in [0.1, 0.15) is 11.1 Å². The maximum absolute atomic E-state index is 12.8. The Morgan fingerprint density at radius 3 is 2.50 bits per heavy atom. The third kappa shape index (κ3) is 2.93. The van der Waals surface area contributed by atoms with E-state index < -0.39 is 5.63 Å². The molecule has 1 aliphatic rings. The summed E-state index contributed by atoms with van der Waals surface area (Å²) in [6.45, 7) is 8.62. The van der Waals surface area contributed by atoms with E-state index in [1.807, 2.05) is 25.1 Å². The zero-order valence-electron chi connectivity index (χ0n) is 17.0. The van der Waals surface area contributed by atoms with Crippen LogP contribution in [0.5, 0.6) is 0 Å². The predicted octanol–water partition coefficient (Wildman–Crippen LogP) is 5.05. The largest absolute Gasteiger partial charge is 0.422 e. The first kappa shape index (κ1) is 18.5. The van der Waals surface area contributed by atoms with Crippen LogP contribution in [-0.2, 0) is 0 Å². The number of hydrogen-bond acceptors (Lipinski definition) is 4. The van der Waals surface area contributed by atoms with E-state index in [1.54, 1.807) is 18.2 Å². The molecular formula is C24H25NO3. The van der Waals surface area contributed by atoms with Crippen LogP contribution >= 0.6 is 0 Å². The molecule has 0 N–H and O–H groups in total. The normalized spacial score (nSPS) is 18.2. The smallest absolute Gasteiger partial charge is 0.347 e. The zero-order valence-corrected chi connectivity index (χ0v) is 17.0. The number of nitrogens with zero attached hydrogens (tertiary/aromatic N) is 1. The molecule has 3 aromatic rings. The van der Waals surface area contributed by atoms with Crippen molar-refractivity contribution in [3.05, 3.63) is 75.1 Å². The quantitative estimate of drug-likeness (QED) is 0.464. The summed E-state index contributed by atoms with van der Waals surface area (Å²) in [5, 5.41) is 0.786. The van der Waals surface area contributed by atoms with Gasteiger partial charge in [-0.25, -0.2) is 4.79 Å². The van der Waals surface area contributed by atoms with Gasteiger partial charge in [0, 0.05) is 35.3 Å². The van der Waals surface area contributed by atoms with E-state index in [0.29, 0.717) is 17.1 Å². The van der Waals surface area contributed by atoms with Crippen LogP contribution < -0.4 is 10.5 Å². The van der Waals surface area contributed by atoms with Crippen LogP contribution in [0.4, 0.5) is 5.69 Å². The number of carbonyl (C=O) groups is 1. The first-order chi connectivity index (χ1) is 13.2. The molecule has 0 fully saturated rings. The monoisotopic (exact) mass is 375 g/mol. The first-order valence-electron chi connectivity index (χ1n) is 9.64. The second-order valence-electron chi connectivity index (χ2n) is 8.57. The molecule has 0 aliphatic carbocycles. The lowest BCUT2D eigenvalue weighted by Gasteiger charge is -2.45. The number of anilines is 1. The number of aryl methyl sites for hydroxylation is 1. The summed E-state index contributed by atoms with van der Waals surface area (Å²) < 4.78 is 5.57. The van der Waals surface area contributed by atoms with E-state index in [1.165, 1.54) is 5.56 Å². The van der Waals surface area contributed by atoms with Gasteiger partial charge in [0.25, 0.3) is 0 Å². The molecule has 28 heavy (non-hydrogen) atoms. The fourth-order valence-corrected chi connectivity index (χ4v) is 4.20. The van der Waals surface area contributed by atoms with Gasteiger partial charge in [-0.15, -0.1) is 0 Å². The summed E-state index contributed by atoms with van der Waals surface area (Å²) in [7, 11) is 2.07. The Morgan fingerprint density at radius 2 is 1.82 bits per heavy atom. The van der Waals surface area contributed by atoms with E-state index >= 15 is 0 Å². The van der Waals surface area contributed by atoms with Gasteiger partial charge in [0.15, 0.2) is 5.78 Å². The molecule has 0 unspecified atom stereocenters. The molecule has 1 aliphatic heterocycles. The molecule has 0 spiro atoms. The van der Waals surface area contributed by atoms with Crippen molar-refractivity contribution >= 4 is 22.4 Å². The lowest BCUT2D eigenvalue weighted by Crippen LogP contribution is -2.45. The van der Waals surface area contributed by atoms with Crippen molar-refractivity contribution in [2.75, 3.05) is 11.9 Å². The summed E-state index contributed by atoms with van der Waals surface area (Å²) in [5.41, 5.74) is 3.88. The highest BCUT2D eigenvalue weighted by atomic mass is 16.4. The molecule has 0 saturated carbocycles. The average Bonchev–Trinajstić information content (AvgIpc) is 2.64. The van der Waals surface area contributed by atoms with Crippen molar-refractivity contribution in [1.82, 2.24) is 0 Å². The Kier molecular flexibility index (Phi) is 4.18. The predicted molar refractivity (Wildman–Crippen MR) is 113 cm³/mol. The highest BCUT2D eigenvalue weighted by Gasteiger charge is 2.34. The van der Waals surface area contributed by atoms with Gasteiger partial charge < -0.3 is 9.32 Å². The van der Waals surface area contributed by atoms with Crippen molar-refractivity contribution < 1.29 is 9.21 Å². The molecule has 0 amide bonds. The number of ketones is 1. The third-order valence-corrected chi connectivity index (χ3v) is 6.05. The molecule has 4 nitrogen and oxygen atoms in total. The Bertz CT molecular complexity index is 1140. The second-order valence-corrected chi connectivity index (χ2v) is 8.57. The minimum atomic E-state index is -0.594. The van der Waals surface area contributed by atoms with E-state index in [4.69, 9.17) is 4.42 Å². The maximum atomic E-state index is 12.8. The number of carbonyl (C=O) groups excluding carboxylic acids is 1. The van der Waals surface area contributed by atoms with E-state index in [2.05, 4.69) is 38.8 Å². The highest BCUT2D eigenvalue weighted by molar-refractivity contribution is 6.10. The lowest BCUT2D eigenvalue weighted by molar-refractivity contribution is 0.103. The third-order valence-electron chi connectivity index (χ3n) is 6.05. The van der Waals surface area contributed by atoms with Gasteiger partial charge in [0.05, 0.1) is 0 Å². The lowest BCUT2D eigenvalue weighted by atomic mass is 9.80. The molecule has 0 bridgehead atoms. The van der Waals surface area contributed by atoms with Crippen LogP contribution in [-0.4, -0.2) is 18.4 Å². The fraction of sp³-hybridized carbons (Fsp3) is 0.333. The van der Waals surface area contributed by atoms with Gasteiger partial charge in [-0.1, -0.05) is 36.8 Å². The molecule has 1 atom stereocenters. The van der Waals surface area contributed by atoms with Crippen molar-refractivity contribution in [2.45, 2.75) is 45.6 Å². The Labute approximate surface area is 164 Å². The summed E-state index contributed by atoms with van der Waals surface area (Å²) in [4.78, 5) is 27.6. The number of rotatable bonds is 2. The van der Waals surface area contributed by atoms with Crippen LogP contribution in [0.1, 0.15) is 60.2 Å². The molecule has 144 valence electrons. The van der Waals surface area contributed by atoms with Crippen LogP contribution in [0.2, 0.25) is 0 Å². The summed E-state index contributed by atoms with van der Waals surface area (Å²) in [6, 6.07) is 12.9. The van der Waals surface area contributed by atoms with Gasteiger partial charge in [-0.2, -0.15) is 0 Å². The molecule has 0 saturated heterocycles. The topological polar surface area (TPSA) is 50.5 Å². The Balaban J connectivity index is 1.86. The van der Waals surface area contributed by atoms with Crippen molar-refractivity contribution in [1.29, 1.82) is 0 Å². The van der Waals surface area contributed by atoms with E-state index in [-0.39, 0.29) is 16.9 Å². The fourth-order valence-electron chi connectivity index (χ4n) is 4.20. The minimum absolute atomic E-state index is 0.0295. The maximum Gasteiger partial charge on any atom is 0.347 e. The highest BCUT2D eigenvalue weighted by Crippen LogP contribution is 2.43. The van der Waals surface area contributed by atoms with Gasteiger partial charge in [-0.3, -0.25) is 4.79 Å². The molecule has 4 rings (SSSR count). The molecule has 1 aromatic heterocycles. The van der Waals surface area contributed by atoms with E-state index in [0.717, 1.165) is 23.1 Å². The minimum Gasteiger partial charge on any atom is -0.422 e. The van der Waals surface area contributed by atoms with Crippen LogP contribution in [0.15, 0.2) is 51.7 Å². The molecule has 4 heteroatoms.